The van der Waals surface area contributed by atoms with Crippen LogP contribution in [0.25, 0.3) is 0 Å². The molecule has 0 radical (unpaired) electrons. The maximum atomic E-state index is 11.8. The maximum absolute atomic E-state index is 11.8. The highest BCUT2D eigenvalue weighted by Crippen LogP contribution is 2.26. The minimum absolute atomic E-state index is 0.00555. The highest BCUT2D eigenvalue weighted by atomic mass is 16.6. The van der Waals surface area contributed by atoms with Gasteiger partial charge < -0.3 is 4.74 Å². The van der Waals surface area contributed by atoms with Gasteiger partial charge in [0.25, 0.3) is 5.69 Å². The molecule has 0 bridgehead atoms. The smallest absolute Gasteiger partial charge is 0.316 e. The average Bonchev–Trinajstić information content (AvgIpc) is 2.35. The molecule has 0 spiro atoms. The zero-order valence-corrected chi connectivity index (χ0v) is 10.4. The summed E-state index contributed by atoms with van der Waals surface area (Å²) < 4.78 is 5.00. The number of carbonyl (C=O) groups is 1. The molecule has 1 aromatic carbocycles. The van der Waals surface area contributed by atoms with E-state index >= 15 is 0 Å². The lowest BCUT2D eigenvalue weighted by Crippen LogP contribution is -2.31. The Hall–Kier alpha value is -2.17. The van der Waals surface area contributed by atoms with Crippen molar-refractivity contribution in [1.29, 1.82) is 0 Å². The molecule has 0 aliphatic rings. The molecule has 0 atom stereocenters. The molecule has 0 fully saturated rings. The maximum Gasteiger partial charge on any atom is 0.316 e. The lowest BCUT2D eigenvalue weighted by molar-refractivity contribution is -0.384. The highest BCUT2D eigenvalue weighted by Gasteiger charge is 2.31. The van der Waals surface area contributed by atoms with Gasteiger partial charge in [0.1, 0.15) is 6.61 Å². The number of nitrogens with zero attached hydrogens (tertiary/aromatic N) is 1. The van der Waals surface area contributed by atoms with Crippen LogP contribution in [0.15, 0.2) is 36.9 Å². The molecule has 1 rings (SSSR count). The fraction of sp³-hybridized carbons (Fsp3) is 0.308. The van der Waals surface area contributed by atoms with Crippen molar-refractivity contribution in [3.05, 3.63) is 52.6 Å². The third-order valence-corrected chi connectivity index (χ3v) is 2.64. The van der Waals surface area contributed by atoms with Crippen LogP contribution in [0.1, 0.15) is 19.4 Å². The average molecular weight is 249 g/mol. The van der Waals surface area contributed by atoms with Crippen molar-refractivity contribution in [3.63, 3.8) is 0 Å². The molecule has 5 heteroatoms. The second kappa shape index (κ2) is 5.44. The molecule has 0 aliphatic carbocycles. The third-order valence-electron chi connectivity index (χ3n) is 2.64. The predicted octanol–water partition coefficient (Wildman–Crippen LogP) is 2.60. The number of benzene rings is 1. The monoisotopic (exact) mass is 249 g/mol. The molecule has 0 unspecified atom stereocenters. The molecule has 5 nitrogen and oxygen atoms in total. The van der Waals surface area contributed by atoms with Crippen molar-refractivity contribution in [2.75, 3.05) is 6.61 Å². The van der Waals surface area contributed by atoms with E-state index < -0.39 is 16.3 Å². The molecular weight excluding hydrogens is 234 g/mol. The van der Waals surface area contributed by atoms with Crippen molar-refractivity contribution in [3.8, 4) is 0 Å². The van der Waals surface area contributed by atoms with Crippen molar-refractivity contribution in [2.24, 2.45) is 0 Å². The summed E-state index contributed by atoms with van der Waals surface area (Å²) in [6.45, 7) is 7.03. The van der Waals surface area contributed by atoms with Crippen LogP contribution in [0.3, 0.4) is 0 Å². The van der Waals surface area contributed by atoms with Crippen LogP contribution in [0.5, 0.6) is 0 Å². The van der Waals surface area contributed by atoms with Gasteiger partial charge in [-0.3, -0.25) is 14.9 Å². The van der Waals surface area contributed by atoms with E-state index in [1.54, 1.807) is 26.0 Å². The molecule has 1 aromatic rings. The summed E-state index contributed by atoms with van der Waals surface area (Å²) in [6, 6.07) is 5.87. The van der Waals surface area contributed by atoms with Gasteiger partial charge in [0.05, 0.1) is 10.3 Å². The van der Waals surface area contributed by atoms with Crippen molar-refractivity contribution in [1.82, 2.24) is 0 Å². The Kier molecular flexibility index (Phi) is 4.20. The fourth-order valence-corrected chi connectivity index (χ4v) is 1.43. The standard InChI is InChI=1S/C13H15NO4/c1-4-9-18-12(15)13(2,3)10-5-7-11(8-6-10)14(16)17/h4-8H,1,9H2,2-3H3. The molecule has 0 aliphatic heterocycles. The SMILES string of the molecule is C=CCOC(=O)C(C)(C)c1ccc([N+](=O)[O-])cc1. The van der Waals surface area contributed by atoms with Crippen molar-refractivity contribution < 1.29 is 14.5 Å². The second-order valence-corrected chi connectivity index (χ2v) is 4.32. The predicted molar refractivity (Wildman–Crippen MR) is 67.3 cm³/mol. The number of esters is 1. The Labute approximate surface area is 105 Å². The lowest BCUT2D eigenvalue weighted by atomic mass is 9.85. The van der Waals surface area contributed by atoms with E-state index in [1.165, 1.54) is 18.2 Å². The first-order valence-corrected chi connectivity index (χ1v) is 5.42. The zero-order valence-electron chi connectivity index (χ0n) is 10.4. The largest absolute Gasteiger partial charge is 0.461 e. The van der Waals surface area contributed by atoms with Gasteiger partial charge in [-0.2, -0.15) is 0 Å². The molecule has 0 N–H and O–H groups in total. The summed E-state index contributed by atoms with van der Waals surface area (Å²) >= 11 is 0. The van der Waals surface area contributed by atoms with Crippen LogP contribution in [0.4, 0.5) is 5.69 Å². The molecule has 0 saturated carbocycles. The summed E-state index contributed by atoms with van der Waals surface area (Å²) in [4.78, 5) is 21.9. The molecule has 18 heavy (non-hydrogen) atoms. The fourth-order valence-electron chi connectivity index (χ4n) is 1.43. The third kappa shape index (κ3) is 2.94. The first-order valence-electron chi connectivity index (χ1n) is 5.42. The number of nitro groups is 1. The summed E-state index contributed by atoms with van der Waals surface area (Å²) in [5, 5.41) is 10.5. The van der Waals surface area contributed by atoms with Gasteiger partial charge in [0.2, 0.25) is 0 Å². The molecule has 96 valence electrons. The Bertz CT molecular complexity index is 462. The quantitative estimate of drug-likeness (QED) is 0.348. The number of hydrogen-bond acceptors (Lipinski definition) is 4. The van der Waals surface area contributed by atoms with Crippen LogP contribution in [-0.4, -0.2) is 17.5 Å². The van der Waals surface area contributed by atoms with Gasteiger partial charge in [-0.05, 0) is 19.4 Å². The first kappa shape index (κ1) is 13.9. The Morgan fingerprint density at radius 1 is 1.44 bits per heavy atom. The number of rotatable bonds is 5. The Morgan fingerprint density at radius 3 is 2.44 bits per heavy atom. The molecule has 0 saturated heterocycles. The van der Waals surface area contributed by atoms with Crippen LogP contribution in [0.2, 0.25) is 0 Å². The van der Waals surface area contributed by atoms with Gasteiger partial charge >= 0.3 is 5.97 Å². The number of hydrogen-bond donors (Lipinski definition) is 0. The Balaban J connectivity index is 2.93. The van der Waals surface area contributed by atoms with Crippen molar-refractivity contribution >= 4 is 11.7 Å². The van der Waals surface area contributed by atoms with E-state index in [0.717, 1.165) is 0 Å². The molecule has 0 heterocycles. The van der Waals surface area contributed by atoms with E-state index in [4.69, 9.17) is 4.74 Å². The van der Waals surface area contributed by atoms with E-state index in [-0.39, 0.29) is 12.3 Å². The molecular formula is C13H15NO4. The summed E-state index contributed by atoms with van der Waals surface area (Å²) in [5.74, 6) is -0.392. The number of ether oxygens (including phenoxy) is 1. The van der Waals surface area contributed by atoms with Gasteiger partial charge in [0, 0.05) is 12.1 Å². The minimum atomic E-state index is -0.849. The van der Waals surface area contributed by atoms with Gasteiger partial charge in [-0.25, -0.2) is 0 Å². The second-order valence-electron chi connectivity index (χ2n) is 4.32. The lowest BCUT2D eigenvalue weighted by Gasteiger charge is -2.22. The summed E-state index contributed by atoms with van der Waals surface area (Å²) in [7, 11) is 0. The number of non-ortho nitro benzene ring substituents is 1. The van der Waals surface area contributed by atoms with Crippen LogP contribution in [0, 0.1) is 10.1 Å². The van der Waals surface area contributed by atoms with Gasteiger partial charge in [-0.1, -0.05) is 24.8 Å². The number of carbonyl (C=O) groups excluding carboxylic acids is 1. The normalized spacial score (nSPS) is 10.8. The van der Waals surface area contributed by atoms with E-state index in [9.17, 15) is 14.9 Å². The minimum Gasteiger partial charge on any atom is -0.461 e. The number of nitro benzene ring substituents is 1. The van der Waals surface area contributed by atoms with Gasteiger partial charge in [0.15, 0.2) is 0 Å². The summed E-state index contributed by atoms with van der Waals surface area (Å²) in [6.07, 6.45) is 1.49. The summed E-state index contributed by atoms with van der Waals surface area (Å²) in [5.41, 5.74) is -0.186. The topological polar surface area (TPSA) is 69.4 Å². The van der Waals surface area contributed by atoms with Crippen LogP contribution < -0.4 is 0 Å². The van der Waals surface area contributed by atoms with Crippen LogP contribution in [-0.2, 0) is 14.9 Å². The van der Waals surface area contributed by atoms with Crippen molar-refractivity contribution in [2.45, 2.75) is 19.3 Å². The van der Waals surface area contributed by atoms with E-state index in [2.05, 4.69) is 6.58 Å². The highest BCUT2D eigenvalue weighted by molar-refractivity contribution is 5.82. The first-order chi connectivity index (χ1) is 8.39. The van der Waals surface area contributed by atoms with Crippen LogP contribution >= 0.6 is 0 Å². The molecule has 0 amide bonds. The Morgan fingerprint density at radius 2 is 2.00 bits per heavy atom. The molecule has 0 aromatic heterocycles. The van der Waals surface area contributed by atoms with E-state index in [1.807, 2.05) is 0 Å². The van der Waals surface area contributed by atoms with E-state index in [0.29, 0.717) is 5.56 Å². The zero-order chi connectivity index (χ0) is 13.8. The van der Waals surface area contributed by atoms with Gasteiger partial charge in [-0.15, -0.1) is 0 Å².